The monoisotopic (exact) mass is 264 g/mol. The molecule has 1 N–H and O–H groups in total. The largest absolute Gasteiger partial charge is 0.467 e. The van der Waals surface area contributed by atoms with E-state index in [2.05, 4.69) is 10.4 Å². The van der Waals surface area contributed by atoms with Gasteiger partial charge in [0.15, 0.2) is 6.54 Å². The van der Waals surface area contributed by atoms with E-state index in [4.69, 9.17) is 4.42 Å². The summed E-state index contributed by atoms with van der Waals surface area (Å²) < 4.78 is 6.12. The van der Waals surface area contributed by atoms with E-state index in [1.54, 1.807) is 19.1 Å². The number of rotatable bonds is 5. The van der Waals surface area contributed by atoms with E-state index in [-0.39, 0.29) is 24.8 Å². The number of carbonyl (C=O) groups excluding carboxylic acids is 1. The lowest BCUT2D eigenvalue weighted by molar-refractivity contribution is -0.392. The number of nitrogens with one attached hydrogen (secondary N) is 1. The van der Waals surface area contributed by atoms with Crippen molar-refractivity contribution in [1.29, 1.82) is 0 Å². The normalized spacial score (nSPS) is 10.4. The second kappa shape index (κ2) is 5.34. The number of carbonyl (C=O) groups is 1. The molecule has 0 fully saturated rings. The minimum Gasteiger partial charge on any atom is -0.467 e. The maximum atomic E-state index is 11.7. The highest BCUT2D eigenvalue weighted by atomic mass is 16.6. The van der Waals surface area contributed by atoms with Gasteiger partial charge in [-0.25, -0.2) is 0 Å². The van der Waals surface area contributed by atoms with Crippen LogP contribution < -0.4 is 5.32 Å². The van der Waals surface area contributed by atoms with Crippen molar-refractivity contribution in [2.24, 2.45) is 0 Å². The lowest BCUT2D eigenvalue weighted by Crippen LogP contribution is -2.27. The van der Waals surface area contributed by atoms with E-state index in [9.17, 15) is 14.9 Å². The number of nitrogens with zero attached hydrogens (tertiary/aromatic N) is 3. The first-order valence-electron chi connectivity index (χ1n) is 5.54. The molecule has 0 aliphatic carbocycles. The second-order valence-corrected chi connectivity index (χ2v) is 3.91. The molecule has 0 spiro atoms. The Balaban J connectivity index is 1.97. The predicted octanol–water partition coefficient (Wildman–Crippen LogP) is 1.01. The van der Waals surface area contributed by atoms with Crippen LogP contribution in [-0.2, 0) is 17.9 Å². The summed E-state index contributed by atoms with van der Waals surface area (Å²) in [6, 6.07) is 4.75. The Morgan fingerprint density at radius 1 is 1.63 bits per heavy atom. The van der Waals surface area contributed by atoms with Crippen LogP contribution in [0.2, 0.25) is 0 Å². The Labute approximate surface area is 108 Å². The Kier molecular flexibility index (Phi) is 3.60. The average molecular weight is 264 g/mol. The maximum absolute atomic E-state index is 11.7. The minimum absolute atomic E-state index is 0.203. The average Bonchev–Trinajstić information content (AvgIpc) is 2.96. The van der Waals surface area contributed by atoms with Crippen LogP contribution >= 0.6 is 0 Å². The van der Waals surface area contributed by atoms with E-state index >= 15 is 0 Å². The van der Waals surface area contributed by atoms with Gasteiger partial charge in [0.2, 0.25) is 0 Å². The smallest absolute Gasteiger partial charge is 0.345 e. The summed E-state index contributed by atoms with van der Waals surface area (Å²) >= 11 is 0. The summed E-state index contributed by atoms with van der Waals surface area (Å²) in [6.45, 7) is 1.66. The molecule has 0 saturated carbocycles. The molecule has 0 aromatic carbocycles. The molecule has 2 aromatic heterocycles. The SMILES string of the molecule is Cc1cc([N+](=O)[O-])n(CC(=O)NCc2ccco2)n1. The van der Waals surface area contributed by atoms with Crippen LogP contribution in [0, 0.1) is 17.0 Å². The number of amides is 1. The fourth-order valence-corrected chi connectivity index (χ4v) is 1.59. The van der Waals surface area contributed by atoms with Crippen molar-refractivity contribution in [3.05, 3.63) is 46.0 Å². The van der Waals surface area contributed by atoms with Crippen molar-refractivity contribution < 1.29 is 14.1 Å². The summed E-state index contributed by atoms with van der Waals surface area (Å²) in [4.78, 5) is 21.8. The molecule has 8 nitrogen and oxygen atoms in total. The number of hydrogen-bond acceptors (Lipinski definition) is 5. The first kappa shape index (κ1) is 12.8. The molecule has 0 unspecified atom stereocenters. The van der Waals surface area contributed by atoms with E-state index in [1.807, 2.05) is 0 Å². The van der Waals surface area contributed by atoms with Gasteiger partial charge >= 0.3 is 5.82 Å². The first-order chi connectivity index (χ1) is 9.06. The van der Waals surface area contributed by atoms with Gasteiger partial charge in [0.1, 0.15) is 5.76 Å². The van der Waals surface area contributed by atoms with Gasteiger partial charge in [0.05, 0.1) is 24.6 Å². The molecular formula is C11H12N4O4. The minimum atomic E-state index is -0.570. The van der Waals surface area contributed by atoms with Crippen molar-refractivity contribution >= 4 is 11.7 Å². The number of aromatic nitrogens is 2. The molecule has 0 aliphatic heterocycles. The third-order valence-electron chi connectivity index (χ3n) is 2.40. The fraction of sp³-hybridized carbons (Fsp3) is 0.273. The van der Waals surface area contributed by atoms with E-state index in [1.165, 1.54) is 12.3 Å². The van der Waals surface area contributed by atoms with Crippen LogP contribution in [0.1, 0.15) is 11.5 Å². The summed E-state index contributed by atoms with van der Waals surface area (Å²) in [5.74, 6) is 0.0349. The van der Waals surface area contributed by atoms with Crippen LogP contribution in [0.4, 0.5) is 5.82 Å². The third-order valence-corrected chi connectivity index (χ3v) is 2.40. The molecule has 2 heterocycles. The lowest BCUT2D eigenvalue weighted by Gasteiger charge is -2.01. The predicted molar refractivity (Wildman–Crippen MR) is 64.2 cm³/mol. The first-order valence-corrected chi connectivity index (χ1v) is 5.54. The van der Waals surface area contributed by atoms with Crippen molar-refractivity contribution in [2.45, 2.75) is 20.0 Å². The molecule has 8 heteroatoms. The van der Waals surface area contributed by atoms with Gasteiger partial charge in [-0.2, -0.15) is 0 Å². The van der Waals surface area contributed by atoms with E-state index in [0.29, 0.717) is 11.5 Å². The molecule has 100 valence electrons. The summed E-state index contributed by atoms with van der Waals surface area (Å²) in [5, 5.41) is 17.3. The van der Waals surface area contributed by atoms with Crippen LogP contribution in [-0.4, -0.2) is 20.6 Å². The number of aryl methyl sites for hydroxylation is 1. The van der Waals surface area contributed by atoms with Gasteiger partial charge in [-0.3, -0.25) is 4.79 Å². The molecule has 0 atom stereocenters. The molecular weight excluding hydrogens is 252 g/mol. The van der Waals surface area contributed by atoms with Crippen molar-refractivity contribution in [1.82, 2.24) is 15.1 Å². The van der Waals surface area contributed by atoms with E-state index in [0.717, 1.165) is 4.68 Å². The Morgan fingerprint density at radius 2 is 2.42 bits per heavy atom. The third kappa shape index (κ3) is 3.18. The molecule has 2 aromatic rings. The van der Waals surface area contributed by atoms with Crippen LogP contribution in [0.25, 0.3) is 0 Å². The summed E-state index contributed by atoms with van der Waals surface area (Å²) in [6.07, 6.45) is 1.50. The van der Waals surface area contributed by atoms with Crippen molar-refractivity contribution in [2.75, 3.05) is 0 Å². The van der Waals surface area contributed by atoms with Gasteiger partial charge < -0.3 is 19.8 Å². The van der Waals surface area contributed by atoms with Crippen LogP contribution in [0.3, 0.4) is 0 Å². The van der Waals surface area contributed by atoms with Gasteiger partial charge in [0.25, 0.3) is 5.91 Å². The highest BCUT2D eigenvalue weighted by Crippen LogP contribution is 2.12. The zero-order valence-electron chi connectivity index (χ0n) is 10.2. The van der Waals surface area contributed by atoms with Gasteiger partial charge in [-0.1, -0.05) is 5.10 Å². The Bertz CT molecular complexity index is 588. The van der Waals surface area contributed by atoms with Crippen LogP contribution in [0.15, 0.2) is 28.9 Å². The molecule has 19 heavy (non-hydrogen) atoms. The Morgan fingerprint density at radius 3 is 3.05 bits per heavy atom. The molecule has 0 saturated heterocycles. The maximum Gasteiger partial charge on any atom is 0.345 e. The molecule has 0 radical (unpaired) electrons. The molecule has 0 bridgehead atoms. The summed E-state index contributed by atoms with van der Waals surface area (Å²) in [5.41, 5.74) is 0.491. The van der Waals surface area contributed by atoms with Gasteiger partial charge in [0, 0.05) is 0 Å². The van der Waals surface area contributed by atoms with Gasteiger partial charge in [-0.15, -0.1) is 4.68 Å². The topological polar surface area (TPSA) is 103 Å². The van der Waals surface area contributed by atoms with Crippen molar-refractivity contribution in [3.8, 4) is 0 Å². The molecule has 1 amide bonds. The Hall–Kier alpha value is -2.64. The van der Waals surface area contributed by atoms with E-state index < -0.39 is 4.92 Å². The number of nitro groups is 1. The number of hydrogen-bond donors (Lipinski definition) is 1. The van der Waals surface area contributed by atoms with Crippen molar-refractivity contribution in [3.63, 3.8) is 0 Å². The standard InChI is InChI=1S/C11H12N4O4/c1-8-5-11(15(17)18)14(13-8)7-10(16)12-6-9-3-2-4-19-9/h2-5H,6-7H2,1H3,(H,12,16). The van der Waals surface area contributed by atoms with Gasteiger partial charge in [-0.05, 0) is 24.0 Å². The fourth-order valence-electron chi connectivity index (χ4n) is 1.59. The highest BCUT2D eigenvalue weighted by molar-refractivity contribution is 5.75. The molecule has 2 rings (SSSR count). The zero-order chi connectivity index (χ0) is 13.8. The highest BCUT2D eigenvalue weighted by Gasteiger charge is 2.19. The second-order valence-electron chi connectivity index (χ2n) is 3.91. The number of furan rings is 1. The van der Waals surface area contributed by atoms with Crippen LogP contribution in [0.5, 0.6) is 0 Å². The quantitative estimate of drug-likeness (QED) is 0.641. The molecule has 0 aliphatic rings. The zero-order valence-corrected chi connectivity index (χ0v) is 10.2. The lowest BCUT2D eigenvalue weighted by atomic mass is 10.4. The summed E-state index contributed by atoms with van der Waals surface area (Å²) in [7, 11) is 0.